The van der Waals surface area contributed by atoms with Crippen molar-refractivity contribution in [2.24, 2.45) is 0 Å². The van der Waals surface area contributed by atoms with Gasteiger partial charge in [0.2, 0.25) is 0 Å². The van der Waals surface area contributed by atoms with Crippen LogP contribution in [0.15, 0.2) is 24.3 Å². The van der Waals surface area contributed by atoms with Gasteiger partial charge in [0, 0.05) is 0 Å². The van der Waals surface area contributed by atoms with E-state index < -0.39 is 15.4 Å². The van der Waals surface area contributed by atoms with Crippen LogP contribution in [0.2, 0.25) is 19.1 Å². The van der Waals surface area contributed by atoms with Gasteiger partial charge in [0.25, 0.3) is 0 Å². The van der Waals surface area contributed by atoms with Crippen LogP contribution < -0.4 is 9.84 Å². The molecular formula is C12H21BO3Si. The highest BCUT2D eigenvalue weighted by Crippen LogP contribution is 2.20. The van der Waals surface area contributed by atoms with Crippen molar-refractivity contribution in [3.63, 3.8) is 0 Å². The quantitative estimate of drug-likeness (QED) is 0.758. The molecule has 3 nitrogen and oxygen atoms in total. The maximum atomic E-state index is 8.92. The van der Waals surface area contributed by atoms with Crippen LogP contribution in [0.1, 0.15) is 19.8 Å². The highest BCUT2D eigenvalue weighted by molar-refractivity contribution is 6.90. The molecule has 0 aliphatic rings. The van der Waals surface area contributed by atoms with Gasteiger partial charge in [-0.05, 0) is 11.3 Å². The van der Waals surface area contributed by atoms with Crippen LogP contribution in [-0.2, 0) is 0 Å². The molecule has 1 aromatic carbocycles. The fourth-order valence-corrected chi connectivity index (χ4v) is 4.86. The lowest BCUT2D eigenvalue weighted by atomic mass is 10.2. The van der Waals surface area contributed by atoms with Crippen LogP contribution in [-0.4, -0.2) is 25.4 Å². The molecule has 0 amide bonds. The van der Waals surface area contributed by atoms with Crippen molar-refractivity contribution in [3.05, 3.63) is 24.3 Å². The topological polar surface area (TPSA) is 49.7 Å². The number of hydrogen-bond acceptors (Lipinski definition) is 3. The molecule has 0 aliphatic heterocycles. The van der Waals surface area contributed by atoms with E-state index in [0.717, 1.165) is 5.19 Å². The predicted molar refractivity (Wildman–Crippen MR) is 74.1 cm³/mol. The summed E-state index contributed by atoms with van der Waals surface area (Å²) in [6.07, 6.45) is 2.39. The van der Waals surface area contributed by atoms with Crippen LogP contribution in [0.3, 0.4) is 0 Å². The second-order valence-corrected chi connectivity index (χ2v) is 9.73. The Morgan fingerprint density at radius 2 is 1.88 bits per heavy atom. The zero-order valence-corrected chi connectivity index (χ0v) is 11.8. The normalized spacial score (nSPS) is 11.4. The van der Waals surface area contributed by atoms with Gasteiger partial charge in [0.15, 0.2) is 0 Å². The van der Waals surface area contributed by atoms with Crippen LogP contribution in [0, 0.1) is 0 Å². The summed E-state index contributed by atoms with van der Waals surface area (Å²) < 4.78 is 5.06. The first-order chi connectivity index (χ1) is 7.97. The Morgan fingerprint density at radius 3 is 2.47 bits per heavy atom. The van der Waals surface area contributed by atoms with Crippen LogP contribution in [0.5, 0.6) is 5.75 Å². The molecule has 0 saturated heterocycles. The van der Waals surface area contributed by atoms with Gasteiger partial charge in [0.05, 0.1) is 8.07 Å². The van der Waals surface area contributed by atoms with Crippen molar-refractivity contribution in [2.75, 3.05) is 0 Å². The second kappa shape index (κ2) is 6.23. The molecule has 1 rings (SSSR count). The van der Waals surface area contributed by atoms with Crippen molar-refractivity contribution < 1.29 is 14.7 Å². The number of benzene rings is 1. The van der Waals surface area contributed by atoms with Gasteiger partial charge in [-0.3, -0.25) is 0 Å². The van der Waals surface area contributed by atoms with Crippen molar-refractivity contribution in [2.45, 2.75) is 38.9 Å². The van der Waals surface area contributed by atoms with E-state index in [0.29, 0.717) is 5.75 Å². The molecule has 0 atom stereocenters. The lowest BCUT2D eigenvalue weighted by Gasteiger charge is -2.25. The van der Waals surface area contributed by atoms with Gasteiger partial charge >= 0.3 is 7.32 Å². The monoisotopic (exact) mass is 252 g/mol. The van der Waals surface area contributed by atoms with Crippen molar-refractivity contribution in [3.8, 4) is 5.75 Å². The van der Waals surface area contributed by atoms with E-state index >= 15 is 0 Å². The van der Waals surface area contributed by atoms with E-state index in [9.17, 15) is 0 Å². The summed E-state index contributed by atoms with van der Waals surface area (Å²) in [5.74, 6) is 0.607. The molecule has 0 fully saturated rings. The van der Waals surface area contributed by atoms with Crippen molar-refractivity contribution in [1.29, 1.82) is 0 Å². The van der Waals surface area contributed by atoms with E-state index in [2.05, 4.69) is 20.0 Å². The zero-order chi connectivity index (χ0) is 12.9. The first-order valence-electron chi connectivity index (χ1n) is 6.09. The summed E-state index contributed by atoms with van der Waals surface area (Å²) in [6.45, 7) is 6.76. The summed E-state index contributed by atoms with van der Waals surface area (Å²) >= 11 is 0. The summed E-state index contributed by atoms with van der Waals surface area (Å²) in [6, 6.07) is 8.86. The van der Waals surface area contributed by atoms with Crippen molar-refractivity contribution >= 4 is 20.6 Å². The molecule has 0 bridgehead atoms. The lowest BCUT2D eigenvalue weighted by molar-refractivity contribution is 0.289. The van der Waals surface area contributed by atoms with E-state index in [1.807, 2.05) is 18.2 Å². The Kier molecular flexibility index (Phi) is 5.24. The summed E-state index contributed by atoms with van der Waals surface area (Å²) in [4.78, 5) is 0. The summed E-state index contributed by atoms with van der Waals surface area (Å²) in [5.41, 5.74) is 0. The third-order valence-corrected chi connectivity index (χ3v) is 6.48. The fourth-order valence-electron chi connectivity index (χ4n) is 2.00. The van der Waals surface area contributed by atoms with E-state index in [-0.39, 0.29) is 0 Å². The van der Waals surface area contributed by atoms with Crippen molar-refractivity contribution in [1.82, 2.24) is 0 Å². The molecule has 0 saturated carbocycles. The predicted octanol–water partition coefficient (Wildman–Crippen LogP) is 1.75. The van der Waals surface area contributed by atoms with Gasteiger partial charge in [-0.25, -0.2) is 0 Å². The number of unbranched alkanes of at least 4 members (excludes halogenated alkanes) is 1. The molecule has 94 valence electrons. The molecule has 0 spiro atoms. The van der Waals surface area contributed by atoms with Gasteiger partial charge in [0.1, 0.15) is 5.75 Å². The highest BCUT2D eigenvalue weighted by Gasteiger charge is 2.27. The third kappa shape index (κ3) is 4.18. The zero-order valence-electron chi connectivity index (χ0n) is 10.8. The molecular weight excluding hydrogens is 231 g/mol. The van der Waals surface area contributed by atoms with E-state index in [1.54, 1.807) is 6.07 Å². The van der Waals surface area contributed by atoms with Gasteiger partial charge in [-0.1, -0.05) is 57.1 Å². The fraction of sp³-hybridized carbons (Fsp3) is 0.500. The first kappa shape index (κ1) is 14.3. The Bertz CT molecular complexity index is 355. The molecule has 0 unspecified atom stereocenters. The van der Waals surface area contributed by atoms with Gasteiger partial charge < -0.3 is 14.7 Å². The Morgan fingerprint density at radius 1 is 1.24 bits per heavy atom. The number of para-hydroxylation sites is 1. The minimum atomic E-state index is -1.74. The second-order valence-electron chi connectivity index (χ2n) is 4.93. The minimum Gasteiger partial charge on any atom is -0.512 e. The maximum absolute atomic E-state index is 8.92. The van der Waals surface area contributed by atoms with Gasteiger partial charge in [-0.2, -0.15) is 0 Å². The SMILES string of the molecule is CCCC[Si](C)(C)c1ccccc1OB(O)O. The smallest absolute Gasteiger partial charge is 0.512 e. The largest absolute Gasteiger partial charge is 0.707 e. The highest BCUT2D eigenvalue weighted by atomic mass is 28.3. The summed E-state index contributed by atoms with van der Waals surface area (Å²) in [5, 5.41) is 19.0. The molecule has 0 aliphatic carbocycles. The van der Waals surface area contributed by atoms with E-state index in [4.69, 9.17) is 14.7 Å². The number of rotatable bonds is 6. The lowest BCUT2D eigenvalue weighted by Crippen LogP contribution is -2.43. The Balaban J connectivity index is 2.94. The molecule has 0 heterocycles. The molecule has 1 aromatic rings. The van der Waals surface area contributed by atoms with Crippen LogP contribution in [0.4, 0.5) is 0 Å². The van der Waals surface area contributed by atoms with E-state index in [1.165, 1.54) is 18.9 Å². The average molecular weight is 252 g/mol. The standard InChI is InChI=1S/C12H21BO3Si/c1-4-5-10-17(2,3)12-9-7-6-8-11(12)16-13(14)15/h6-9,14-15H,4-5,10H2,1-3H3. The Labute approximate surface area is 105 Å². The average Bonchev–Trinajstić information content (AvgIpc) is 2.26. The summed E-state index contributed by atoms with van der Waals surface area (Å²) in [7, 11) is -3.30. The molecule has 0 aromatic heterocycles. The number of hydrogen-bond donors (Lipinski definition) is 2. The molecule has 0 radical (unpaired) electrons. The minimum absolute atomic E-state index is 0.607. The molecule has 2 N–H and O–H groups in total. The molecule has 5 heteroatoms. The Hall–Kier alpha value is -0.778. The van der Waals surface area contributed by atoms with Crippen LogP contribution >= 0.6 is 0 Å². The third-order valence-electron chi connectivity index (χ3n) is 3.00. The van der Waals surface area contributed by atoms with Gasteiger partial charge in [-0.15, -0.1) is 0 Å². The molecule has 17 heavy (non-hydrogen) atoms. The maximum Gasteiger partial charge on any atom is 0.707 e. The first-order valence-corrected chi connectivity index (χ1v) is 9.30. The van der Waals surface area contributed by atoms with Crippen LogP contribution in [0.25, 0.3) is 0 Å².